The van der Waals surface area contributed by atoms with Crippen LogP contribution in [-0.4, -0.2) is 20.2 Å². The first-order valence-corrected chi connectivity index (χ1v) is 8.67. The first-order valence-electron chi connectivity index (χ1n) is 7.79. The monoisotopic (exact) mass is 382 g/mol. The zero-order chi connectivity index (χ0) is 19.0. The summed E-state index contributed by atoms with van der Waals surface area (Å²) in [7, 11) is 0. The van der Waals surface area contributed by atoms with Gasteiger partial charge in [0, 0.05) is 35.0 Å². The van der Waals surface area contributed by atoms with Gasteiger partial charge in [-0.3, -0.25) is 19.3 Å². The second kappa shape index (κ2) is 6.61. The fourth-order valence-electron chi connectivity index (χ4n) is 2.60. The molecule has 0 fully saturated rings. The fourth-order valence-corrected chi connectivity index (χ4v) is 3.45. The Morgan fingerprint density at radius 2 is 2.00 bits per heavy atom. The van der Waals surface area contributed by atoms with Crippen molar-refractivity contribution in [3.8, 4) is 11.3 Å². The number of nitro groups is 1. The largest absolute Gasteiger partial charge is 0.320 e. The average molecular weight is 382 g/mol. The van der Waals surface area contributed by atoms with E-state index in [0.29, 0.717) is 22.0 Å². The van der Waals surface area contributed by atoms with E-state index in [2.05, 4.69) is 10.3 Å². The average Bonchev–Trinajstić information content (AvgIpc) is 3.23. The Morgan fingerprint density at radius 3 is 2.74 bits per heavy atom. The van der Waals surface area contributed by atoms with Crippen LogP contribution in [0.25, 0.3) is 16.2 Å². The molecule has 2 heterocycles. The summed E-state index contributed by atoms with van der Waals surface area (Å²) in [5.41, 5.74) is 1.92. The maximum atomic E-state index is 13.1. The highest BCUT2D eigenvalue weighted by atomic mass is 32.1. The number of halogens is 1. The van der Waals surface area contributed by atoms with Crippen molar-refractivity contribution in [3.05, 3.63) is 81.7 Å². The van der Waals surface area contributed by atoms with E-state index in [1.165, 1.54) is 41.7 Å². The molecular weight excluding hydrogens is 371 g/mol. The van der Waals surface area contributed by atoms with Crippen molar-refractivity contribution >= 4 is 33.6 Å². The standard InChI is InChI=1S/C18H11FN4O3S/c19-12-6-4-11(5-7-12)15-9-22-16(10-27-18(22)21-15)17(24)20-13-2-1-3-14(8-13)23(25)26/h1-10H,(H,20,24). The van der Waals surface area contributed by atoms with Crippen molar-refractivity contribution in [1.29, 1.82) is 0 Å². The molecule has 0 unspecified atom stereocenters. The van der Waals surface area contributed by atoms with Gasteiger partial charge < -0.3 is 5.32 Å². The number of aromatic nitrogens is 2. The second-order valence-corrected chi connectivity index (χ2v) is 6.50. The minimum Gasteiger partial charge on any atom is -0.320 e. The Kier molecular flexibility index (Phi) is 4.13. The Morgan fingerprint density at radius 1 is 1.22 bits per heavy atom. The summed E-state index contributed by atoms with van der Waals surface area (Å²) in [6.45, 7) is 0. The van der Waals surface area contributed by atoms with Crippen molar-refractivity contribution in [2.75, 3.05) is 5.32 Å². The molecule has 0 radical (unpaired) electrons. The summed E-state index contributed by atoms with van der Waals surface area (Å²) in [4.78, 5) is 28.0. The highest BCUT2D eigenvalue weighted by molar-refractivity contribution is 7.15. The number of amides is 1. The Bertz CT molecular complexity index is 1170. The first kappa shape index (κ1) is 16.9. The number of nitrogens with zero attached hydrogens (tertiary/aromatic N) is 3. The SMILES string of the molecule is O=C(Nc1cccc([N+](=O)[O-])c1)c1csc2nc(-c3ccc(F)cc3)cn12. The van der Waals surface area contributed by atoms with Crippen LogP contribution in [-0.2, 0) is 0 Å². The summed E-state index contributed by atoms with van der Waals surface area (Å²) < 4.78 is 14.7. The predicted molar refractivity (Wildman–Crippen MR) is 99.5 cm³/mol. The van der Waals surface area contributed by atoms with Gasteiger partial charge in [0.05, 0.1) is 10.6 Å². The highest BCUT2D eigenvalue weighted by Gasteiger charge is 2.16. The number of hydrogen-bond donors (Lipinski definition) is 1. The van der Waals surface area contributed by atoms with E-state index < -0.39 is 10.8 Å². The molecule has 4 aromatic rings. The minimum atomic E-state index is -0.525. The van der Waals surface area contributed by atoms with Gasteiger partial charge in [-0.05, 0) is 30.3 Å². The van der Waals surface area contributed by atoms with Gasteiger partial charge >= 0.3 is 0 Å². The fraction of sp³-hybridized carbons (Fsp3) is 0. The number of carbonyl (C=O) groups excluding carboxylic acids is 1. The molecule has 134 valence electrons. The number of hydrogen-bond acceptors (Lipinski definition) is 5. The van der Waals surface area contributed by atoms with E-state index in [1.54, 1.807) is 34.2 Å². The van der Waals surface area contributed by atoms with Crippen LogP contribution in [0.1, 0.15) is 10.5 Å². The molecule has 4 rings (SSSR count). The molecule has 0 spiro atoms. The Hall–Kier alpha value is -3.59. The van der Waals surface area contributed by atoms with Crippen molar-refractivity contribution in [3.63, 3.8) is 0 Å². The van der Waals surface area contributed by atoms with E-state index in [0.717, 1.165) is 5.56 Å². The second-order valence-electron chi connectivity index (χ2n) is 5.67. The molecule has 0 aliphatic rings. The summed E-state index contributed by atoms with van der Waals surface area (Å²) in [5.74, 6) is -0.749. The number of non-ortho nitro benzene ring substituents is 1. The molecule has 0 bridgehead atoms. The quantitative estimate of drug-likeness (QED) is 0.419. The molecular formula is C18H11FN4O3S. The predicted octanol–water partition coefficient (Wildman–Crippen LogP) is 4.36. The van der Waals surface area contributed by atoms with Crippen LogP contribution in [0.3, 0.4) is 0 Å². The van der Waals surface area contributed by atoms with E-state index >= 15 is 0 Å². The van der Waals surface area contributed by atoms with Gasteiger partial charge in [-0.15, -0.1) is 11.3 Å². The third-order valence-electron chi connectivity index (χ3n) is 3.90. The van der Waals surface area contributed by atoms with Crippen LogP contribution in [0, 0.1) is 15.9 Å². The van der Waals surface area contributed by atoms with E-state index in [9.17, 15) is 19.3 Å². The number of carbonyl (C=O) groups is 1. The topological polar surface area (TPSA) is 89.5 Å². The number of benzene rings is 2. The number of fused-ring (bicyclic) bond motifs is 1. The van der Waals surface area contributed by atoms with Gasteiger partial charge in [0.25, 0.3) is 11.6 Å². The normalized spacial score (nSPS) is 10.9. The third-order valence-corrected chi connectivity index (χ3v) is 4.74. The van der Waals surface area contributed by atoms with Gasteiger partial charge in [0.15, 0.2) is 4.96 Å². The lowest BCUT2D eigenvalue weighted by Crippen LogP contribution is -2.13. The molecule has 1 N–H and O–H groups in total. The van der Waals surface area contributed by atoms with Gasteiger partial charge in [0.2, 0.25) is 0 Å². The van der Waals surface area contributed by atoms with Gasteiger partial charge in [-0.1, -0.05) is 6.07 Å². The highest BCUT2D eigenvalue weighted by Crippen LogP contribution is 2.25. The van der Waals surface area contributed by atoms with Crippen molar-refractivity contribution < 1.29 is 14.1 Å². The third kappa shape index (κ3) is 3.27. The lowest BCUT2D eigenvalue weighted by Gasteiger charge is -2.04. The molecule has 7 nitrogen and oxygen atoms in total. The molecule has 2 aromatic carbocycles. The number of imidazole rings is 1. The number of anilines is 1. The molecule has 2 aromatic heterocycles. The summed E-state index contributed by atoms with van der Waals surface area (Å²) in [6.07, 6.45) is 1.70. The van der Waals surface area contributed by atoms with Crippen LogP contribution in [0.15, 0.2) is 60.1 Å². The van der Waals surface area contributed by atoms with E-state index in [-0.39, 0.29) is 11.5 Å². The zero-order valence-electron chi connectivity index (χ0n) is 13.6. The number of nitrogens with one attached hydrogen (secondary N) is 1. The Labute approximate surface area is 155 Å². The van der Waals surface area contributed by atoms with Crippen molar-refractivity contribution in [2.45, 2.75) is 0 Å². The number of rotatable bonds is 4. The van der Waals surface area contributed by atoms with Crippen LogP contribution in [0.5, 0.6) is 0 Å². The summed E-state index contributed by atoms with van der Waals surface area (Å²) in [5, 5.41) is 15.2. The molecule has 1 amide bonds. The van der Waals surface area contributed by atoms with Crippen LogP contribution in [0.2, 0.25) is 0 Å². The minimum absolute atomic E-state index is 0.107. The van der Waals surface area contributed by atoms with Crippen molar-refractivity contribution in [1.82, 2.24) is 9.38 Å². The smallest absolute Gasteiger partial charge is 0.273 e. The molecule has 27 heavy (non-hydrogen) atoms. The maximum Gasteiger partial charge on any atom is 0.273 e. The summed E-state index contributed by atoms with van der Waals surface area (Å²) in [6, 6.07) is 11.6. The molecule has 0 saturated carbocycles. The van der Waals surface area contributed by atoms with E-state index in [4.69, 9.17) is 0 Å². The van der Waals surface area contributed by atoms with Gasteiger partial charge in [0.1, 0.15) is 11.5 Å². The van der Waals surface area contributed by atoms with Crippen LogP contribution in [0.4, 0.5) is 15.8 Å². The summed E-state index contributed by atoms with van der Waals surface area (Å²) >= 11 is 1.29. The zero-order valence-corrected chi connectivity index (χ0v) is 14.4. The molecule has 0 aliphatic carbocycles. The lowest BCUT2D eigenvalue weighted by molar-refractivity contribution is -0.384. The molecule has 9 heteroatoms. The first-order chi connectivity index (χ1) is 13.0. The molecule has 0 atom stereocenters. The van der Waals surface area contributed by atoms with Crippen LogP contribution < -0.4 is 5.32 Å². The van der Waals surface area contributed by atoms with Gasteiger partial charge in [-0.25, -0.2) is 9.37 Å². The van der Waals surface area contributed by atoms with Gasteiger partial charge in [-0.2, -0.15) is 0 Å². The van der Waals surface area contributed by atoms with Crippen molar-refractivity contribution in [2.24, 2.45) is 0 Å². The van der Waals surface area contributed by atoms with Crippen LogP contribution >= 0.6 is 11.3 Å². The van der Waals surface area contributed by atoms with E-state index in [1.807, 2.05) is 0 Å². The molecule has 0 saturated heterocycles. The lowest BCUT2D eigenvalue weighted by atomic mass is 10.2. The Balaban J connectivity index is 1.63. The number of nitro benzene ring substituents is 1. The number of thiazole rings is 1. The maximum absolute atomic E-state index is 13.1. The molecule has 0 aliphatic heterocycles.